The van der Waals surface area contributed by atoms with Gasteiger partial charge in [-0.2, -0.15) is 5.21 Å². The fourth-order valence-corrected chi connectivity index (χ4v) is 3.19. The molecule has 2 atom stereocenters. The molecule has 102 valence electrons. The molecule has 20 heavy (non-hydrogen) atoms. The van der Waals surface area contributed by atoms with E-state index in [1.165, 1.54) is 6.42 Å². The average molecular weight is 269 g/mol. The summed E-state index contributed by atoms with van der Waals surface area (Å²) in [6.07, 6.45) is 3.44. The van der Waals surface area contributed by atoms with E-state index in [1.807, 2.05) is 24.3 Å². The number of hydrogen-bond donors (Lipinski definition) is 2. The number of tetrazole rings is 1. The zero-order valence-electron chi connectivity index (χ0n) is 10.9. The second-order valence-corrected chi connectivity index (χ2v) is 5.73. The monoisotopic (exact) mass is 269 g/mol. The van der Waals surface area contributed by atoms with Crippen LogP contribution < -0.4 is 5.32 Å². The Morgan fingerprint density at radius 1 is 1.25 bits per heavy atom. The normalized spacial score (nSPS) is 27.1. The maximum atomic E-state index is 12.2. The number of amides is 1. The lowest BCUT2D eigenvalue weighted by molar-refractivity contribution is -0.120. The number of aromatic nitrogens is 4. The van der Waals surface area contributed by atoms with Crippen molar-refractivity contribution in [1.29, 1.82) is 0 Å². The van der Waals surface area contributed by atoms with Crippen molar-refractivity contribution in [2.24, 2.45) is 17.8 Å². The lowest BCUT2D eigenvalue weighted by Gasteiger charge is -2.12. The Morgan fingerprint density at radius 3 is 2.85 bits per heavy atom. The highest BCUT2D eigenvalue weighted by Crippen LogP contribution is 2.54. The lowest BCUT2D eigenvalue weighted by atomic mass is 10.0. The molecule has 4 rings (SSSR count). The summed E-state index contributed by atoms with van der Waals surface area (Å²) >= 11 is 0. The Bertz CT molecular complexity index is 629. The zero-order chi connectivity index (χ0) is 13.5. The van der Waals surface area contributed by atoms with Gasteiger partial charge in [0.25, 0.3) is 0 Å². The third-order valence-corrected chi connectivity index (χ3v) is 4.35. The van der Waals surface area contributed by atoms with Crippen LogP contribution in [0.3, 0.4) is 0 Å². The van der Waals surface area contributed by atoms with Crippen LogP contribution in [0.1, 0.15) is 19.3 Å². The average Bonchev–Trinajstić information content (AvgIpc) is 2.91. The molecule has 2 unspecified atom stereocenters. The minimum absolute atomic E-state index is 0.141. The third kappa shape index (κ3) is 2.07. The molecule has 1 aromatic heterocycles. The van der Waals surface area contributed by atoms with Crippen molar-refractivity contribution in [2.75, 3.05) is 5.32 Å². The van der Waals surface area contributed by atoms with Crippen LogP contribution in [0.2, 0.25) is 0 Å². The van der Waals surface area contributed by atoms with Gasteiger partial charge in [-0.1, -0.05) is 12.1 Å². The molecule has 2 fully saturated rings. The number of benzene rings is 1. The fourth-order valence-electron chi connectivity index (χ4n) is 3.19. The van der Waals surface area contributed by atoms with Gasteiger partial charge in [0.1, 0.15) is 0 Å². The molecular weight excluding hydrogens is 254 g/mol. The third-order valence-electron chi connectivity index (χ3n) is 4.35. The molecule has 0 radical (unpaired) electrons. The van der Waals surface area contributed by atoms with Crippen LogP contribution in [0.15, 0.2) is 24.3 Å². The molecule has 1 heterocycles. The number of hydrogen-bond acceptors (Lipinski definition) is 4. The maximum absolute atomic E-state index is 12.2. The summed E-state index contributed by atoms with van der Waals surface area (Å²) in [5.74, 6) is 2.49. The van der Waals surface area contributed by atoms with Crippen LogP contribution >= 0.6 is 0 Å². The Balaban J connectivity index is 1.48. The first-order valence-electron chi connectivity index (χ1n) is 6.94. The van der Waals surface area contributed by atoms with E-state index in [0.29, 0.717) is 5.82 Å². The second kappa shape index (κ2) is 4.40. The molecule has 2 aliphatic rings. The van der Waals surface area contributed by atoms with E-state index in [0.717, 1.165) is 35.9 Å². The second-order valence-electron chi connectivity index (χ2n) is 5.73. The SMILES string of the molecule is O=C(Nc1cccc(-c2nn[nH]n2)c1)C1CC2CC2C1. The quantitative estimate of drug-likeness (QED) is 0.890. The molecule has 2 aromatic rings. The summed E-state index contributed by atoms with van der Waals surface area (Å²) in [4.78, 5) is 12.2. The van der Waals surface area contributed by atoms with Crippen molar-refractivity contribution in [3.8, 4) is 11.4 Å². The first kappa shape index (κ1) is 11.6. The van der Waals surface area contributed by atoms with E-state index >= 15 is 0 Å². The summed E-state index contributed by atoms with van der Waals surface area (Å²) in [5, 5.41) is 16.8. The molecule has 2 saturated carbocycles. The Hall–Kier alpha value is -2.24. The fraction of sp³-hybridized carbons (Fsp3) is 0.429. The molecule has 1 amide bonds. The maximum Gasteiger partial charge on any atom is 0.227 e. The number of carbonyl (C=O) groups is 1. The van der Waals surface area contributed by atoms with Crippen molar-refractivity contribution in [2.45, 2.75) is 19.3 Å². The van der Waals surface area contributed by atoms with Crippen molar-refractivity contribution in [1.82, 2.24) is 20.6 Å². The largest absolute Gasteiger partial charge is 0.326 e. The molecular formula is C14H15N5O. The van der Waals surface area contributed by atoms with Crippen LogP contribution in [0.25, 0.3) is 11.4 Å². The summed E-state index contributed by atoms with van der Waals surface area (Å²) in [6.45, 7) is 0. The number of anilines is 1. The predicted octanol–water partition coefficient (Wildman–Crippen LogP) is 1.85. The van der Waals surface area contributed by atoms with Crippen LogP contribution in [-0.2, 0) is 4.79 Å². The number of aromatic amines is 1. The summed E-state index contributed by atoms with van der Waals surface area (Å²) in [5.41, 5.74) is 1.63. The van der Waals surface area contributed by atoms with E-state index in [4.69, 9.17) is 0 Å². The molecule has 2 aliphatic carbocycles. The molecule has 1 aromatic carbocycles. The Kier molecular flexibility index (Phi) is 2.55. The number of nitrogens with one attached hydrogen (secondary N) is 2. The standard InChI is InChI=1S/C14H15N5O/c20-14(11-5-9-4-10(9)6-11)15-12-3-1-2-8(7-12)13-16-18-19-17-13/h1-3,7,9-11H,4-6H2,(H,15,20)(H,16,17,18,19). The van der Waals surface area contributed by atoms with Crippen molar-refractivity contribution in [3.63, 3.8) is 0 Å². The summed E-state index contributed by atoms with van der Waals surface area (Å²) in [6, 6.07) is 7.54. The van der Waals surface area contributed by atoms with Gasteiger partial charge in [-0.25, -0.2) is 0 Å². The van der Waals surface area contributed by atoms with Gasteiger partial charge >= 0.3 is 0 Å². The number of rotatable bonds is 3. The van der Waals surface area contributed by atoms with E-state index in [9.17, 15) is 4.79 Å². The molecule has 0 saturated heterocycles. The van der Waals surface area contributed by atoms with Crippen LogP contribution in [0, 0.1) is 17.8 Å². The molecule has 0 aliphatic heterocycles. The van der Waals surface area contributed by atoms with Gasteiger partial charge in [-0.15, -0.1) is 10.2 Å². The summed E-state index contributed by atoms with van der Waals surface area (Å²) in [7, 11) is 0. The van der Waals surface area contributed by atoms with Gasteiger partial charge in [0.05, 0.1) is 0 Å². The highest BCUT2D eigenvalue weighted by molar-refractivity contribution is 5.93. The highest BCUT2D eigenvalue weighted by atomic mass is 16.1. The Labute approximate surface area is 116 Å². The highest BCUT2D eigenvalue weighted by Gasteiger charge is 2.47. The zero-order valence-corrected chi connectivity index (χ0v) is 10.9. The first-order valence-corrected chi connectivity index (χ1v) is 6.94. The van der Waals surface area contributed by atoms with E-state index in [-0.39, 0.29) is 11.8 Å². The topological polar surface area (TPSA) is 83.6 Å². The number of fused-ring (bicyclic) bond motifs is 1. The van der Waals surface area contributed by atoms with Crippen molar-refractivity contribution < 1.29 is 4.79 Å². The molecule has 6 nitrogen and oxygen atoms in total. The van der Waals surface area contributed by atoms with Gasteiger partial charge in [0, 0.05) is 17.2 Å². The van der Waals surface area contributed by atoms with Crippen LogP contribution in [0.4, 0.5) is 5.69 Å². The van der Waals surface area contributed by atoms with Crippen molar-refractivity contribution >= 4 is 11.6 Å². The number of H-pyrrole nitrogens is 1. The minimum Gasteiger partial charge on any atom is -0.326 e. The van der Waals surface area contributed by atoms with E-state index in [2.05, 4.69) is 25.9 Å². The molecule has 0 bridgehead atoms. The lowest BCUT2D eigenvalue weighted by Crippen LogP contribution is -2.21. The van der Waals surface area contributed by atoms with Crippen LogP contribution in [0.5, 0.6) is 0 Å². The van der Waals surface area contributed by atoms with E-state index < -0.39 is 0 Å². The van der Waals surface area contributed by atoms with Gasteiger partial charge in [-0.3, -0.25) is 4.79 Å². The summed E-state index contributed by atoms with van der Waals surface area (Å²) < 4.78 is 0. The first-order chi connectivity index (χ1) is 9.79. The van der Waals surface area contributed by atoms with Gasteiger partial charge < -0.3 is 5.32 Å². The van der Waals surface area contributed by atoms with Gasteiger partial charge in [-0.05, 0) is 48.4 Å². The number of carbonyl (C=O) groups excluding carboxylic acids is 1. The molecule has 6 heteroatoms. The molecule has 2 N–H and O–H groups in total. The van der Waals surface area contributed by atoms with Gasteiger partial charge in [0.2, 0.25) is 11.7 Å². The predicted molar refractivity (Wildman–Crippen MR) is 72.6 cm³/mol. The number of nitrogens with zero attached hydrogens (tertiary/aromatic N) is 3. The molecule has 0 spiro atoms. The van der Waals surface area contributed by atoms with E-state index in [1.54, 1.807) is 0 Å². The minimum atomic E-state index is 0.141. The smallest absolute Gasteiger partial charge is 0.227 e. The van der Waals surface area contributed by atoms with Crippen LogP contribution in [-0.4, -0.2) is 26.5 Å². The van der Waals surface area contributed by atoms with Gasteiger partial charge in [0.15, 0.2) is 0 Å². The Morgan fingerprint density at radius 2 is 2.10 bits per heavy atom. The van der Waals surface area contributed by atoms with Crippen molar-refractivity contribution in [3.05, 3.63) is 24.3 Å².